The molecule has 1 atom stereocenters. The van der Waals surface area contributed by atoms with Crippen LogP contribution in [0.25, 0.3) is 16.9 Å². The smallest absolute Gasteiger partial charge is 0.278 e. The summed E-state index contributed by atoms with van der Waals surface area (Å²) in [5.41, 5.74) is 1.30. The van der Waals surface area contributed by atoms with Gasteiger partial charge in [0.2, 0.25) is 0 Å². The summed E-state index contributed by atoms with van der Waals surface area (Å²) in [5.74, 6) is 0.547. The van der Waals surface area contributed by atoms with Gasteiger partial charge in [-0.1, -0.05) is 17.8 Å². The number of hydrogen-bond donors (Lipinski definition) is 1. The molecule has 0 aliphatic heterocycles. The lowest BCUT2D eigenvalue weighted by Gasteiger charge is -2.18. The molecule has 134 valence electrons. The van der Waals surface area contributed by atoms with Crippen LogP contribution in [0.4, 0.5) is 0 Å². The molecule has 7 nitrogen and oxygen atoms in total. The molecule has 0 bridgehead atoms. The molecule has 3 heterocycles. The number of nitrogens with zero attached hydrogens (tertiary/aromatic N) is 5. The summed E-state index contributed by atoms with van der Waals surface area (Å²) in [7, 11) is 0. The molecule has 3 aromatic heterocycles. The summed E-state index contributed by atoms with van der Waals surface area (Å²) in [4.78, 5) is 26.1. The van der Waals surface area contributed by atoms with Crippen molar-refractivity contribution in [3.8, 4) is 5.82 Å². The lowest BCUT2D eigenvalue weighted by Crippen LogP contribution is -2.23. The van der Waals surface area contributed by atoms with Crippen LogP contribution in [0.15, 0.2) is 41.1 Å². The van der Waals surface area contributed by atoms with Crippen molar-refractivity contribution in [1.82, 2.24) is 24.3 Å². The van der Waals surface area contributed by atoms with Crippen LogP contribution in [-0.4, -0.2) is 35.7 Å². The van der Waals surface area contributed by atoms with Gasteiger partial charge in [0.05, 0.1) is 12.1 Å². The Morgan fingerprint density at radius 1 is 1.42 bits per heavy atom. The average Bonchev–Trinajstić information content (AvgIpc) is 3.09. The predicted octanol–water partition coefficient (Wildman–Crippen LogP) is 2.04. The maximum atomic E-state index is 12.8. The van der Waals surface area contributed by atoms with Crippen LogP contribution in [0.5, 0.6) is 0 Å². The Labute approximate surface area is 154 Å². The molecule has 8 heteroatoms. The molecule has 1 aliphatic rings. The molecule has 0 saturated carbocycles. The number of hydrogen-bond acceptors (Lipinski definition) is 6. The number of aromatic nitrogens is 5. The fourth-order valence-corrected chi connectivity index (χ4v) is 3.77. The zero-order valence-corrected chi connectivity index (χ0v) is 15.5. The van der Waals surface area contributed by atoms with Gasteiger partial charge in [-0.05, 0) is 43.2 Å². The predicted molar refractivity (Wildman–Crippen MR) is 101 cm³/mol. The summed E-state index contributed by atoms with van der Waals surface area (Å²) >= 11 is 1.41. The van der Waals surface area contributed by atoms with E-state index in [9.17, 15) is 9.90 Å². The Bertz CT molecular complexity index is 1080. The molecule has 0 radical (unpaired) electrons. The van der Waals surface area contributed by atoms with Crippen molar-refractivity contribution in [3.05, 3.63) is 52.6 Å². The maximum Gasteiger partial charge on any atom is 0.278 e. The van der Waals surface area contributed by atoms with Crippen molar-refractivity contribution in [2.24, 2.45) is 0 Å². The highest BCUT2D eigenvalue weighted by atomic mass is 32.2. The molecular formula is C18H19N5O2S. The van der Waals surface area contributed by atoms with Crippen molar-refractivity contribution in [2.75, 3.05) is 6.26 Å². The zero-order valence-electron chi connectivity index (χ0n) is 14.6. The monoisotopic (exact) mass is 369 g/mol. The van der Waals surface area contributed by atoms with E-state index in [1.54, 1.807) is 30.1 Å². The fourth-order valence-electron chi connectivity index (χ4n) is 3.43. The van der Waals surface area contributed by atoms with Crippen LogP contribution < -0.4 is 5.56 Å². The van der Waals surface area contributed by atoms with Crippen LogP contribution >= 0.6 is 11.8 Å². The Balaban J connectivity index is 2.03. The summed E-state index contributed by atoms with van der Waals surface area (Å²) in [6.45, 7) is 5.87. The molecule has 1 aliphatic carbocycles. The Morgan fingerprint density at radius 3 is 2.96 bits per heavy atom. The van der Waals surface area contributed by atoms with Gasteiger partial charge in [-0.2, -0.15) is 0 Å². The van der Waals surface area contributed by atoms with E-state index in [4.69, 9.17) is 0 Å². The SMILES string of the molecule is C=CCn1c(=O)c2cnc(SC)nc2n1-c1cc2c(cn1)CCC2(C)O. The van der Waals surface area contributed by atoms with Crippen LogP contribution in [0.1, 0.15) is 24.5 Å². The molecule has 1 unspecified atom stereocenters. The third-order valence-corrected chi connectivity index (χ3v) is 5.35. The van der Waals surface area contributed by atoms with Gasteiger partial charge in [0.25, 0.3) is 5.56 Å². The normalized spacial score (nSPS) is 19.0. The van der Waals surface area contributed by atoms with E-state index in [-0.39, 0.29) is 5.56 Å². The lowest BCUT2D eigenvalue weighted by molar-refractivity contribution is 0.0594. The number of aryl methyl sites for hydroxylation is 1. The molecular weight excluding hydrogens is 350 g/mol. The topological polar surface area (TPSA) is 85.8 Å². The van der Waals surface area contributed by atoms with Crippen LogP contribution in [0.3, 0.4) is 0 Å². The van der Waals surface area contributed by atoms with Crippen LogP contribution in [0.2, 0.25) is 0 Å². The number of rotatable bonds is 4. The number of aliphatic hydroxyl groups is 1. The molecule has 1 N–H and O–H groups in total. The van der Waals surface area contributed by atoms with Crippen molar-refractivity contribution in [1.29, 1.82) is 0 Å². The third-order valence-electron chi connectivity index (χ3n) is 4.79. The van der Waals surface area contributed by atoms with E-state index >= 15 is 0 Å². The molecule has 0 amide bonds. The van der Waals surface area contributed by atoms with Crippen LogP contribution in [0, 0.1) is 0 Å². The van der Waals surface area contributed by atoms with Crippen molar-refractivity contribution < 1.29 is 5.11 Å². The van der Waals surface area contributed by atoms with Gasteiger partial charge in [0, 0.05) is 12.4 Å². The average molecular weight is 369 g/mol. The molecule has 0 aromatic carbocycles. The highest BCUT2D eigenvalue weighted by Gasteiger charge is 2.33. The van der Waals surface area contributed by atoms with Gasteiger partial charge < -0.3 is 5.11 Å². The van der Waals surface area contributed by atoms with Crippen molar-refractivity contribution in [3.63, 3.8) is 0 Å². The first-order chi connectivity index (χ1) is 12.5. The first-order valence-electron chi connectivity index (χ1n) is 8.32. The quantitative estimate of drug-likeness (QED) is 0.430. The highest BCUT2D eigenvalue weighted by molar-refractivity contribution is 7.98. The van der Waals surface area contributed by atoms with E-state index in [1.807, 2.05) is 12.3 Å². The number of fused-ring (bicyclic) bond motifs is 2. The minimum Gasteiger partial charge on any atom is -0.385 e. The van der Waals surface area contributed by atoms with Gasteiger partial charge in [-0.25, -0.2) is 24.3 Å². The van der Waals surface area contributed by atoms with Gasteiger partial charge in [-0.15, -0.1) is 6.58 Å². The molecule has 0 spiro atoms. The number of allylic oxidation sites excluding steroid dienone is 1. The van der Waals surface area contributed by atoms with E-state index in [2.05, 4.69) is 21.5 Å². The van der Waals surface area contributed by atoms with Gasteiger partial charge in [-0.3, -0.25) is 4.79 Å². The number of pyridine rings is 1. The first-order valence-corrected chi connectivity index (χ1v) is 9.54. The molecule has 3 aromatic rings. The zero-order chi connectivity index (χ0) is 18.5. The second-order valence-corrected chi connectivity index (χ2v) is 7.33. The van der Waals surface area contributed by atoms with Crippen LogP contribution in [-0.2, 0) is 18.6 Å². The Kier molecular flexibility index (Phi) is 3.96. The summed E-state index contributed by atoms with van der Waals surface area (Å²) in [6.07, 6.45) is 8.32. The second kappa shape index (κ2) is 6.07. The minimum absolute atomic E-state index is 0.193. The number of thioether (sulfide) groups is 1. The van der Waals surface area contributed by atoms with Gasteiger partial charge >= 0.3 is 0 Å². The maximum absolute atomic E-state index is 12.8. The van der Waals surface area contributed by atoms with Crippen molar-refractivity contribution >= 4 is 22.8 Å². The van der Waals surface area contributed by atoms with E-state index in [0.717, 1.165) is 17.5 Å². The van der Waals surface area contributed by atoms with Crippen molar-refractivity contribution in [2.45, 2.75) is 37.1 Å². The van der Waals surface area contributed by atoms with E-state index < -0.39 is 5.60 Å². The summed E-state index contributed by atoms with van der Waals surface area (Å²) in [5, 5.41) is 11.6. The fraction of sp³-hybridized carbons (Fsp3) is 0.333. The first kappa shape index (κ1) is 17.0. The van der Waals surface area contributed by atoms with Gasteiger partial charge in [0.1, 0.15) is 5.39 Å². The van der Waals surface area contributed by atoms with E-state index in [0.29, 0.717) is 35.0 Å². The summed E-state index contributed by atoms with van der Waals surface area (Å²) in [6, 6.07) is 1.85. The molecule has 0 fully saturated rings. The second-order valence-electron chi connectivity index (χ2n) is 6.56. The molecule has 4 rings (SSSR count). The van der Waals surface area contributed by atoms with Gasteiger partial charge in [0.15, 0.2) is 16.6 Å². The minimum atomic E-state index is -0.890. The standard InChI is InChI=1S/C18H19N5O2S/c1-4-7-22-16(24)12-10-20-17(26-3)21-15(12)23(22)14-8-13-11(9-19-14)5-6-18(13,2)25/h4,8-10,25H,1,5-7H2,2-3H3. The molecule has 26 heavy (non-hydrogen) atoms. The summed E-state index contributed by atoms with van der Waals surface area (Å²) < 4.78 is 3.23. The Hall–Kier alpha value is -2.45. The Morgan fingerprint density at radius 2 is 2.23 bits per heavy atom. The highest BCUT2D eigenvalue weighted by Crippen LogP contribution is 2.36. The van der Waals surface area contributed by atoms with E-state index in [1.165, 1.54) is 16.4 Å². The largest absolute Gasteiger partial charge is 0.385 e. The third kappa shape index (κ3) is 2.48. The molecule has 0 saturated heterocycles. The lowest BCUT2D eigenvalue weighted by atomic mass is 10.00.